The first-order chi connectivity index (χ1) is 10.2. The third-order valence-electron chi connectivity index (χ3n) is 3.30. The largest absolute Gasteiger partial charge is 0.497 e. The molecule has 5 nitrogen and oxygen atoms in total. The Hall–Kier alpha value is -1.75. The number of hydrogen-bond donors (Lipinski definition) is 1. The van der Waals surface area contributed by atoms with E-state index < -0.39 is 0 Å². The van der Waals surface area contributed by atoms with Crippen molar-refractivity contribution in [1.29, 1.82) is 0 Å². The minimum atomic E-state index is -0.0689. The zero-order valence-corrected chi connectivity index (χ0v) is 12.7. The van der Waals surface area contributed by atoms with Gasteiger partial charge in [-0.05, 0) is 37.8 Å². The lowest BCUT2D eigenvalue weighted by Crippen LogP contribution is -2.25. The van der Waals surface area contributed by atoms with Gasteiger partial charge in [0, 0.05) is 31.4 Å². The van der Waals surface area contributed by atoms with Crippen molar-refractivity contribution >= 4 is 5.91 Å². The Morgan fingerprint density at radius 2 is 1.86 bits per heavy atom. The van der Waals surface area contributed by atoms with Gasteiger partial charge in [0.05, 0.1) is 13.7 Å². The third kappa shape index (κ3) is 5.27. The van der Waals surface area contributed by atoms with Gasteiger partial charge < -0.3 is 19.5 Å². The van der Waals surface area contributed by atoms with E-state index in [9.17, 15) is 4.79 Å². The van der Waals surface area contributed by atoms with Crippen molar-refractivity contribution < 1.29 is 19.0 Å². The summed E-state index contributed by atoms with van der Waals surface area (Å²) in [4.78, 5) is 12.1. The molecule has 0 saturated heterocycles. The van der Waals surface area contributed by atoms with Crippen LogP contribution in [0.2, 0.25) is 0 Å². The van der Waals surface area contributed by atoms with Crippen LogP contribution >= 0.6 is 0 Å². The van der Waals surface area contributed by atoms with Crippen molar-refractivity contribution in [2.75, 3.05) is 27.4 Å². The molecular weight excluding hydrogens is 270 g/mol. The van der Waals surface area contributed by atoms with Gasteiger partial charge in [-0.1, -0.05) is 0 Å². The maximum atomic E-state index is 12.1. The van der Waals surface area contributed by atoms with Crippen LogP contribution in [0.1, 0.15) is 36.0 Å². The first-order valence-electron chi connectivity index (χ1n) is 7.34. The highest BCUT2D eigenvalue weighted by Crippen LogP contribution is 2.25. The van der Waals surface area contributed by atoms with E-state index in [2.05, 4.69) is 5.32 Å². The van der Waals surface area contributed by atoms with E-state index in [0.29, 0.717) is 29.7 Å². The Kier molecular flexibility index (Phi) is 5.87. The Labute approximate surface area is 125 Å². The summed E-state index contributed by atoms with van der Waals surface area (Å²) in [6.07, 6.45) is 4.00. The van der Waals surface area contributed by atoms with E-state index >= 15 is 0 Å². The zero-order valence-electron chi connectivity index (χ0n) is 12.7. The van der Waals surface area contributed by atoms with E-state index in [4.69, 9.17) is 14.2 Å². The zero-order chi connectivity index (χ0) is 15.1. The second-order valence-corrected chi connectivity index (χ2v) is 5.19. The summed E-state index contributed by atoms with van der Waals surface area (Å²) in [5.41, 5.74) is 0.577. The molecule has 5 heteroatoms. The quantitative estimate of drug-likeness (QED) is 0.710. The molecule has 1 aromatic carbocycles. The Balaban J connectivity index is 1.94. The van der Waals surface area contributed by atoms with E-state index in [-0.39, 0.29) is 5.91 Å². The lowest BCUT2D eigenvalue weighted by molar-refractivity contribution is 0.0950. The highest BCUT2D eigenvalue weighted by Gasteiger charge is 2.24. The summed E-state index contributed by atoms with van der Waals surface area (Å²) in [6, 6.07) is 5.62. The molecule has 0 bridgehead atoms. The second-order valence-electron chi connectivity index (χ2n) is 5.19. The third-order valence-corrected chi connectivity index (χ3v) is 3.30. The number of benzene rings is 1. The SMILES string of the molecule is COCCCCOc1cc(OC)cc(C(=O)NC2CC2)c1. The fraction of sp³-hybridized carbons (Fsp3) is 0.562. The molecule has 0 heterocycles. The summed E-state index contributed by atoms with van der Waals surface area (Å²) in [5.74, 6) is 1.22. The number of unbranched alkanes of at least 4 members (excludes halogenated alkanes) is 1. The summed E-state index contributed by atoms with van der Waals surface area (Å²) < 4.78 is 15.9. The highest BCUT2D eigenvalue weighted by molar-refractivity contribution is 5.95. The summed E-state index contributed by atoms with van der Waals surface area (Å²) in [5, 5.41) is 2.97. The van der Waals surface area contributed by atoms with Crippen LogP contribution < -0.4 is 14.8 Å². The second kappa shape index (κ2) is 7.88. The molecule has 1 saturated carbocycles. The predicted octanol–water partition coefficient (Wildman–Crippen LogP) is 2.39. The summed E-state index contributed by atoms with van der Waals surface area (Å²) >= 11 is 0. The Morgan fingerprint density at radius 1 is 1.14 bits per heavy atom. The molecule has 0 atom stereocenters. The van der Waals surface area contributed by atoms with Gasteiger partial charge >= 0.3 is 0 Å². The molecule has 116 valence electrons. The fourth-order valence-electron chi connectivity index (χ4n) is 1.94. The van der Waals surface area contributed by atoms with Crippen molar-refractivity contribution in [3.05, 3.63) is 23.8 Å². The van der Waals surface area contributed by atoms with Crippen LogP contribution in [-0.2, 0) is 4.74 Å². The van der Waals surface area contributed by atoms with Gasteiger partial charge in [0.25, 0.3) is 5.91 Å². The number of ether oxygens (including phenoxy) is 3. The standard InChI is InChI=1S/C16H23NO4/c1-19-7-3-4-8-21-15-10-12(9-14(11-15)20-2)16(18)17-13-5-6-13/h9-11,13H,3-8H2,1-2H3,(H,17,18). The number of rotatable bonds is 9. The van der Waals surface area contributed by atoms with Crippen LogP contribution in [0.25, 0.3) is 0 Å². The van der Waals surface area contributed by atoms with Gasteiger partial charge in [0.1, 0.15) is 11.5 Å². The lowest BCUT2D eigenvalue weighted by atomic mass is 10.2. The maximum Gasteiger partial charge on any atom is 0.251 e. The van der Waals surface area contributed by atoms with E-state index in [0.717, 1.165) is 32.3 Å². The van der Waals surface area contributed by atoms with Crippen LogP contribution in [0.15, 0.2) is 18.2 Å². The number of amides is 1. The highest BCUT2D eigenvalue weighted by atomic mass is 16.5. The van der Waals surface area contributed by atoms with Gasteiger partial charge in [-0.15, -0.1) is 0 Å². The Bertz CT molecular complexity index is 471. The van der Waals surface area contributed by atoms with E-state index in [1.54, 1.807) is 32.4 Å². The molecule has 1 aliphatic rings. The molecule has 1 fully saturated rings. The number of methoxy groups -OCH3 is 2. The molecule has 0 unspecified atom stereocenters. The number of carbonyl (C=O) groups excluding carboxylic acids is 1. The number of hydrogen-bond acceptors (Lipinski definition) is 4. The van der Waals surface area contributed by atoms with Crippen molar-refractivity contribution in [1.82, 2.24) is 5.32 Å². The molecule has 0 aromatic heterocycles. The predicted molar refractivity (Wildman–Crippen MR) is 80.1 cm³/mol. The van der Waals surface area contributed by atoms with Crippen molar-refractivity contribution in [2.45, 2.75) is 31.7 Å². The molecule has 21 heavy (non-hydrogen) atoms. The summed E-state index contributed by atoms with van der Waals surface area (Å²) in [7, 11) is 3.27. The average molecular weight is 293 g/mol. The summed E-state index contributed by atoms with van der Waals surface area (Å²) in [6.45, 7) is 1.33. The van der Waals surface area contributed by atoms with Gasteiger partial charge in [-0.2, -0.15) is 0 Å². The van der Waals surface area contributed by atoms with Crippen molar-refractivity contribution in [3.8, 4) is 11.5 Å². The van der Waals surface area contributed by atoms with E-state index in [1.165, 1.54) is 0 Å². The minimum absolute atomic E-state index is 0.0689. The molecule has 1 amide bonds. The number of carbonyl (C=O) groups is 1. The fourth-order valence-corrected chi connectivity index (χ4v) is 1.94. The van der Waals surface area contributed by atoms with Crippen LogP contribution in [0.4, 0.5) is 0 Å². The topological polar surface area (TPSA) is 56.8 Å². The van der Waals surface area contributed by atoms with Crippen LogP contribution in [0, 0.1) is 0 Å². The van der Waals surface area contributed by atoms with Gasteiger partial charge in [0.15, 0.2) is 0 Å². The van der Waals surface area contributed by atoms with Crippen molar-refractivity contribution in [2.24, 2.45) is 0 Å². The van der Waals surface area contributed by atoms with Crippen LogP contribution in [0.5, 0.6) is 11.5 Å². The lowest BCUT2D eigenvalue weighted by Gasteiger charge is -2.11. The molecule has 0 radical (unpaired) electrons. The first-order valence-corrected chi connectivity index (χ1v) is 7.34. The van der Waals surface area contributed by atoms with Gasteiger partial charge in [-0.25, -0.2) is 0 Å². The molecule has 0 spiro atoms. The normalized spacial score (nSPS) is 13.8. The maximum absolute atomic E-state index is 12.1. The van der Waals surface area contributed by atoms with E-state index in [1.807, 2.05) is 0 Å². The first kappa shape index (κ1) is 15.6. The van der Waals surface area contributed by atoms with Crippen molar-refractivity contribution in [3.63, 3.8) is 0 Å². The average Bonchev–Trinajstić information content (AvgIpc) is 3.30. The van der Waals surface area contributed by atoms with Crippen LogP contribution in [-0.4, -0.2) is 39.4 Å². The molecule has 1 aromatic rings. The molecule has 0 aliphatic heterocycles. The van der Waals surface area contributed by atoms with Gasteiger partial charge in [0.2, 0.25) is 0 Å². The van der Waals surface area contributed by atoms with Gasteiger partial charge in [-0.3, -0.25) is 4.79 Å². The smallest absolute Gasteiger partial charge is 0.251 e. The molecule has 1 aliphatic carbocycles. The monoisotopic (exact) mass is 293 g/mol. The molecular formula is C16H23NO4. The molecule has 2 rings (SSSR count). The number of nitrogens with one attached hydrogen (secondary N) is 1. The van der Waals surface area contributed by atoms with Crippen LogP contribution in [0.3, 0.4) is 0 Å². The Morgan fingerprint density at radius 3 is 2.52 bits per heavy atom. The minimum Gasteiger partial charge on any atom is -0.497 e. The molecule has 1 N–H and O–H groups in total.